The number of nitrogens with one attached hydrogen (secondary N) is 2. The lowest BCUT2D eigenvalue weighted by atomic mass is 10.0. The molecule has 0 aromatic heterocycles. The van der Waals surface area contributed by atoms with Gasteiger partial charge in [0.2, 0.25) is 0 Å². The molecule has 90 valence electrons. The maximum Gasteiger partial charge on any atom is 0.0623 e. The van der Waals surface area contributed by atoms with Crippen LogP contribution in [0.4, 0.5) is 0 Å². The van der Waals surface area contributed by atoms with Gasteiger partial charge >= 0.3 is 0 Å². The molecule has 1 aliphatic heterocycles. The molecule has 2 atom stereocenters. The lowest BCUT2D eigenvalue weighted by molar-refractivity contribution is 0.181. The molecule has 0 amide bonds. The van der Waals surface area contributed by atoms with E-state index in [-0.39, 0.29) is 5.54 Å². The zero-order valence-corrected chi connectivity index (χ0v) is 10.6. The molecule has 0 spiro atoms. The highest BCUT2D eigenvalue weighted by atomic mass is 16.5. The molecule has 1 fully saturated rings. The summed E-state index contributed by atoms with van der Waals surface area (Å²) < 4.78 is 5.53. The molecular weight excluding hydrogens is 188 g/mol. The number of rotatable bonds is 5. The van der Waals surface area contributed by atoms with Gasteiger partial charge in [-0.05, 0) is 33.7 Å². The zero-order chi connectivity index (χ0) is 11.3. The molecule has 0 aromatic rings. The lowest BCUT2D eigenvalue weighted by Crippen LogP contribution is -2.45. The van der Waals surface area contributed by atoms with Crippen LogP contribution in [0.1, 0.15) is 34.1 Å². The summed E-state index contributed by atoms with van der Waals surface area (Å²) in [5.74, 6) is 0.621. The molecule has 0 radical (unpaired) electrons. The molecular formula is C12H26N2O. The van der Waals surface area contributed by atoms with Crippen molar-refractivity contribution in [2.45, 2.75) is 45.7 Å². The highest BCUT2D eigenvalue weighted by Gasteiger charge is 2.28. The second-order valence-electron chi connectivity index (χ2n) is 5.49. The third-order valence-electron chi connectivity index (χ3n) is 2.75. The van der Waals surface area contributed by atoms with Gasteiger partial charge in [0, 0.05) is 24.0 Å². The molecule has 3 nitrogen and oxygen atoms in total. The summed E-state index contributed by atoms with van der Waals surface area (Å²) in [6, 6.07) is 0.541. The Hall–Kier alpha value is -0.120. The molecule has 1 rings (SSSR count). The molecule has 15 heavy (non-hydrogen) atoms. The van der Waals surface area contributed by atoms with E-state index in [0.29, 0.717) is 12.0 Å². The van der Waals surface area contributed by atoms with Crippen LogP contribution in [0.2, 0.25) is 0 Å². The number of hydrogen-bond acceptors (Lipinski definition) is 3. The minimum Gasteiger partial charge on any atom is -0.379 e. The van der Waals surface area contributed by atoms with Crippen molar-refractivity contribution in [2.75, 3.05) is 26.3 Å². The Morgan fingerprint density at radius 1 is 1.27 bits per heavy atom. The van der Waals surface area contributed by atoms with Gasteiger partial charge in [-0.25, -0.2) is 0 Å². The summed E-state index contributed by atoms with van der Waals surface area (Å²) in [6.45, 7) is 12.7. The quantitative estimate of drug-likeness (QED) is 0.725. The molecule has 0 bridgehead atoms. The monoisotopic (exact) mass is 214 g/mol. The molecule has 2 N–H and O–H groups in total. The fourth-order valence-corrected chi connectivity index (χ4v) is 1.79. The average Bonchev–Trinajstić information content (AvgIpc) is 2.57. The normalized spacial score (nSPS) is 27.2. The SMILES string of the molecule is CCCNC1COCC1CNC(C)(C)C. The van der Waals surface area contributed by atoms with E-state index in [1.807, 2.05) is 0 Å². The number of ether oxygens (including phenoxy) is 1. The predicted octanol–water partition coefficient (Wildman–Crippen LogP) is 1.39. The van der Waals surface area contributed by atoms with Crippen LogP contribution < -0.4 is 10.6 Å². The van der Waals surface area contributed by atoms with Crippen LogP contribution in [0.3, 0.4) is 0 Å². The van der Waals surface area contributed by atoms with E-state index >= 15 is 0 Å². The molecule has 1 saturated heterocycles. The van der Waals surface area contributed by atoms with E-state index in [2.05, 4.69) is 38.3 Å². The molecule has 0 saturated carbocycles. The summed E-state index contributed by atoms with van der Waals surface area (Å²) >= 11 is 0. The Morgan fingerprint density at radius 3 is 2.60 bits per heavy atom. The Labute approximate surface area is 94.0 Å². The van der Waals surface area contributed by atoms with Crippen LogP contribution in [-0.2, 0) is 4.74 Å². The van der Waals surface area contributed by atoms with Crippen molar-refractivity contribution in [3.05, 3.63) is 0 Å². The second-order valence-corrected chi connectivity index (χ2v) is 5.49. The Balaban J connectivity index is 2.27. The third kappa shape index (κ3) is 4.96. The van der Waals surface area contributed by atoms with E-state index < -0.39 is 0 Å². The lowest BCUT2D eigenvalue weighted by Gasteiger charge is -2.25. The van der Waals surface area contributed by atoms with E-state index in [0.717, 1.165) is 26.3 Å². The molecule has 0 aromatic carbocycles. The fourth-order valence-electron chi connectivity index (χ4n) is 1.79. The van der Waals surface area contributed by atoms with Gasteiger partial charge in [0.15, 0.2) is 0 Å². The largest absolute Gasteiger partial charge is 0.379 e. The Bertz CT molecular complexity index is 177. The van der Waals surface area contributed by atoms with Crippen LogP contribution in [-0.4, -0.2) is 37.9 Å². The van der Waals surface area contributed by atoms with Crippen molar-refractivity contribution < 1.29 is 4.74 Å². The van der Waals surface area contributed by atoms with Gasteiger partial charge in [-0.15, -0.1) is 0 Å². The first-order chi connectivity index (χ1) is 7.03. The first kappa shape index (κ1) is 12.9. The molecule has 3 heteroatoms. The summed E-state index contributed by atoms with van der Waals surface area (Å²) in [5.41, 5.74) is 0.206. The molecule has 1 aliphatic rings. The summed E-state index contributed by atoms with van der Waals surface area (Å²) in [7, 11) is 0. The van der Waals surface area contributed by atoms with Gasteiger partial charge in [0.25, 0.3) is 0 Å². The van der Waals surface area contributed by atoms with Gasteiger partial charge < -0.3 is 15.4 Å². The van der Waals surface area contributed by atoms with Crippen molar-refractivity contribution in [2.24, 2.45) is 5.92 Å². The first-order valence-corrected chi connectivity index (χ1v) is 6.09. The van der Waals surface area contributed by atoms with Crippen molar-refractivity contribution in [3.8, 4) is 0 Å². The molecule has 0 aliphatic carbocycles. The average molecular weight is 214 g/mol. The van der Waals surface area contributed by atoms with E-state index in [1.165, 1.54) is 6.42 Å². The standard InChI is InChI=1S/C12H26N2O/c1-5-6-13-11-9-15-8-10(11)7-14-12(2,3)4/h10-11,13-14H,5-9H2,1-4H3. The first-order valence-electron chi connectivity index (χ1n) is 6.09. The summed E-state index contributed by atoms with van der Waals surface area (Å²) in [4.78, 5) is 0. The highest BCUT2D eigenvalue weighted by molar-refractivity contribution is 4.84. The minimum atomic E-state index is 0.206. The molecule has 1 heterocycles. The van der Waals surface area contributed by atoms with Gasteiger partial charge in [0.05, 0.1) is 13.2 Å². The van der Waals surface area contributed by atoms with Crippen LogP contribution in [0.5, 0.6) is 0 Å². The Kier molecular flexibility index (Phi) is 5.03. The maximum atomic E-state index is 5.53. The van der Waals surface area contributed by atoms with Crippen molar-refractivity contribution in [1.82, 2.24) is 10.6 Å². The van der Waals surface area contributed by atoms with E-state index in [4.69, 9.17) is 4.74 Å². The van der Waals surface area contributed by atoms with Crippen LogP contribution in [0.15, 0.2) is 0 Å². The minimum absolute atomic E-state index is 0.206. The van der Waals surface area contributed by atoms with Gasteiger partial charge in [-0.2, -0.15) is 0 Å². The predicted molar refractivity (Wildman–Crippen MR) is 64.1 cm³/mol. The van der Waals surface area contributed by atoms with Gasteiger partial charge in [-0.3, -0.25) is 0 Å². The summed E-state index contributed by atoms with van der Waals surface area (Å²) in [5, 5.41) is 7.10. The maximum absolute atomic E-state index is 5.53. The highest BCUT2D eigenvalue weighted by Crippen LogP contribution is 2.14. The van der Waals surface area contributed by atoms with Crippen LogP contribution in [0, 0.1) is 5.92 Å². The van der Waals surface area contributed by atoms with E-state index in [9.17, 15) is 0 Å². The van der Waals surface area contributed by atoms with Crippen molar-refractivity contribution >= 4 is 0 Å². The van der Waals surface area contributed by atoms with E-state index in [1.54, 1.807) is 0 Å². The van der Waals surface area contributed by atoms with Crippen molar-refractivity contribution in [1.29, 1.82) is 0 Å². The van der Waals surface area contributed by atoms with Crippen molar-refractivity contribution in [3.63, 3.8) is 0 Å². The fraction of sp³-hybridized carbons (Fsp3) is 1.00. The number of hydrogen-bond donors (Lipinski definition) is 2. The topological polar surface area (TPSA) is 33.3 Å². The van der Waals surface area contributed by atoms with Crippen LogP contribution >= 0.6 is 0 Å². The smallest absolute Gasteiger partial charge is 0.0623 e. The second kappa shape index (κ2) is 5.83. The summed E-state index contributed by atoms with van der Waals surface area (Å²) in [6.07, 6.45) is 1.19. The van der Waals surface area contributed by atoms with Gasteiger partial charge in [0.1, 0.15) is 0 Å². The third-order valence-corrected chi connectivity index (χ3v) is 2.75. The van der Waals surface area contributed by atoms with Gasteiger partial charge in [-0.1, -0.05) is 6.92 Å². The Morgan fingerprint density at radius 2 is 2.00 bits per heavy atom. The molecule has 2 unspecified atom stereocenters. The van der Waals surface area contributed by atoms with Crippen LogP contribution in [0.25, 0.3) is 0 Å². The zero-order valence-electron chi connectivity index (χ0n) is 10.6.